The second-order valence-electron chi connectivity index (χ2n) is 6.71. The molecule has 2 aliphatic heterocycles. The number of benzene rings is 1. The molecule has 2 aliphatic rings. The van der Waals surface area contributed by atoms with Crippen LogP contribution in [-0.4, -0.2) is 28.4 Å². The van der Waals surface area contributed by atoms with Crippen molar-refractivity contribution in [1.82, 2.24) is 20.5 Å². The molecule has 0 saturated carbocycles. The van der Waals surface area contributed by atoms with Crippen LogP contribution in [0.5, 0.6) is 0 Å². The molecular formula is C21H22FN5. The summed E-state index contributed by atoms with van der Waals surface area (Å²) in [4.78, 5) is 6.36. The number of nitrogens with one attached hydrogen (secondary N) is 3. The van der Waals surface area contributed by atoms with Gasteiger partial charge in [-0.25, -0.2) is 4.39 Å². The van der Waals surface area contributed by atoms with Gasteiger partial charge in [0.2, 0.25) is 0 Å². The first-order chi connectivity index (χ1) is 13.2. The van der Waals surface area contributed by atoms with Crippen molar-refractivity contribution in [3.05, 3.63) is 84.1 Å². The Morgan fingerprint density at radius 2 is 2.19 bits per heavy atom. The van der Waals surface area contributed by atoms with E-state index in [-0.39, 0.29) is 18.0 Å². The minimum absolute atomic E-state index is 0.0598. The number of hydrogen-bond donors (Lipinski definition) is 3. The zero-order valence-corrected chi connectivity index (χ0v) is 14.9. The number of halogens is 1. The lowest BCUT2D eigenvalue weighted by atomic mass is 10.0. The molecule has 1 aromatic carbocycles. The molecule has 0 radical (unpaired) electrons. The molecule has 0 amide bonds. The Labute approximate surface area is 158 Å². The molecule has 1 fully saturated rings. The van der Waals surface area contributed by atoms with Gasteiger partial charge in [0.25, 0.3) is 0 Å². The molecule has 4 rings (SSSR count). The van der Waals surface area contributed by atoms with Crippen LogP contribution in [0.25, 0.3) is 5.70 Å². The van der Waals surface area contributed by atoms with E-state index in [1.54, 1.807) is 24.4 Å². The fourth-order valence-corrected chi connectivity index (χ4v) is 3.60. The minimum Gasteiger partial charge on any atom is -0.366 e. The standard InChI is InChI=1S/C21H22FN5/c22-16-6-3-5-15(13-16)19-8-4-12-27(19)20(23)9-10-21-25-14-18(26-21)17-7-1-2-11-24-17/h1-3,5-7,9-11,13-14,19,21,23,25-26H,4,8,12H2/b10-9-,23-20?. The van der Waals surface area contributed by atoms with E-state index in [0.717, 1.165) is 36.3 Å². The van der Waals surface area contributed by atoms with Crippen LogP contribution < -0.4 is 10.6 Å². The number of pyridine rings is 1. The normalized spacial score (nSPS) is 21.8. The molecule has 2 atom stereocenters. The van der Waals surface area contributed by atoms with E-state index in [9.17, 15) is 4.39 Å². The molecule has 2 unspecified atom stereocenters. The van der Waals surface area contributed by atoms with Crippen LogP contribution in [0.2, 0.25) is 0 Å². The van der Waals surface area contributed by atoms with E-state index in [2.05, 4.69) is 15.6 Å². The van der Waals surface area contributed by atoms with Crippen molar-refractivity contribution in [2.75, 3.05) is 6.54 Å². The molecule has 1 saturated heterocycles. The molecule has 0 aliphatic carbocycles. The second kappa shape index (κ2) is 7.61. The fourth-order valence-electron chi connectivity index (χ4n) is 3.60. The van der Waals surface area contributed by atoms with E-state index in [0.29, 0.717) is 5.84 Å². The van der Waals surface area contributed by atoms with Gasteiger partial charge in [-0.3, -0.25) is 10.4 Å². The van der Waals surface area contributed by atoms with E-state index in [1.807, 2.05) is 41.4 Å². The third-order valence-corrected chi connectivity index (χ3v) is 4.90. The first kappa shape index (κ1) is 17.3. The maximum Gasteiger partial charge on any atom is 0.123 e. The SMILES string of the molecule is N=C(/C=C\C1NC=C(c2ccccn2)N1)N1CCCC1c1cccc(F)c1. The van der Waals surface area contributed by atoms with E-state index < -0.39 is 0 Å². The second-order valence-corrected chi connectivity index (χ2v) is 6.71. The number of rotatable bonds is 4. The number of hydrogen-bond acceptors (Lipinski definition) is 4. The van der Waals surface area contributed by atoms with Crippen molar-refractivity contribution >= 4 is 11.5 Å². The molecule has 0 bridgehead atoms. The van der Waals surface area contributed by atoms with Gasteiger partial charge >= 0.3 is 0 Å². The van der Waals surface area contributed by atoms with Crippen LogP contribution in [0.3, 0.4) is 0 Å². The molecule has 3 heterocycles. The molecular weight excluding hydrogens is 341 g/mol. The summed E-state index contributed by atoms with van der Waals surface area (Å²) in [5.41, 5.74) is 2.74. The predicted octanol–water partition coefficient (Wildman–Crippen LogP) is 3.41. The summed E-state index contributed by atoms with van der Waals surface area (Å²) in [6, 6.07) is 12.5. The Morgan fingerprint density at radius 1 is 1.26 bits per heavy atom. The van der Waals surface area contributed by atoms with Crippen LogP contribution in [0.1, 0.15) is 30.1 Å². The van der Waals surface area contributed by atoms with Crippen molar-refractivity contribution in [3.8, 4) is 0 Å². The van der Waals surface area contributed by atoms with E-state index in [4.69, 9.17) is 5.41 Å². The van der Waals surface area contributed by atoms with Gasteiger partial charge in [-0.2, -0.15) is 0 Å². The smallest absolute Gasteiger partial charge is 0.123 e. The topological polar surface area (TPSA) is 64.0 Å². The summed E-state index contributed by atoms with van der Waals surface area (Å²) >= 11 is 0. The van der Waals surface area contributed by atoms with Crippen molar-refractivity contribution < 1.29 is 4.39 Å². The van der Waals surface area contributed by atoms with Crippen molar-refractivity contribution in [2.24, 2.45) is 0 Å². The summed E-state index contributed by atoms with van der Waals surface area (Å²) in [5.74, 6) is 0.213. The van der Waals surface area contributed by atoms with Crippen molar-refractivity contribution in [3.63, 3.8) is 0 Å². The predicted molar refractivity (Wildman–Crippen MR) is 104 cm³/mol. The summed E-state index contributed by atoms with van der Waals surface area (Å²) in [6.45, 7) is 0.813. The number of amidine groups is 1. The number of likely N-dealkylation sites (tertiary alicyclic amines) is 1. The van der Waals surface area contributed by atoms with Crippen LogP contribution in [0.4, 0.5) is 4.39 Å². The molecule has 3 N–H and O–H groups in total. The molecule has 27 heavy (non-hydrogen) atoms. The Kier molecular flexibility index (Phi) is 4.87. The molecule has 138 valence electrons. The van der Waals surface area contributed by atoms with Crippen LogP contribution >= 0.6 is 0 Å². The van der Waals surface area contributed by atoms with Gasteiger partial charge in [-0.15, -0.1) is 0 Å². The first-order valence-corrected chi connectivity index (χ1v) is 9.14. The van der Waals surface area contributed by atoms with Crippen molar-refractivity contribution in [1.29, 1.82) is 5.41 Å². The largest absolute Gasteiger partial charge is 0.366 e. The highest BCUT2D eigenvalue weighted by atomic mass is 19.1. The Hall–Kier alpha value is -3.15. The third kappa shape index (κ3) is 3.84. The van der Waals surface area contributed by atoms with Gasteiger partial charge in [-0.1, -0.05) is 18.2 Å². The monoisotopic (exact) mass is 363 g/mol. The summed E-state index contributed by atoms with van der Waals surface area (Å²) in [5, 5.41) is 15.0. The van der Waals surface area contributed by atoms with E-state index in [1.165, 1.54) is 6.07 Å². The highest BCUT2D eigenvalue weighted by Gasteiger charge is 2.27. The zero-order chi connectivity index (χ0) is 18.6. The van der Waals surface area contributed by atoms with Gasteiger partial charge in [0.05, 0.1) is 17.4 Å². The van der Waals surface area contributed by atoms with Gasteiger partial charge in [-0.05, 0) is 54.8 Å². The Balaban J connectivity index is 1.39. The number of nitrogens with zero attached hydrogens (tertiary/aromatic N) is 2. The maximum atomic E-state index is 13.6. The molecule has 0 spiro atoms. The lowest BCUT2D eigenvalue weighted by Gasteiger charge is -2.26. The van der Waals surface area contributed by atoms with Crippen LogP contribution in [-0.2, 0) is 0 Å². The molecule has 5 nitrogen and oxygen atoms in total. The summed E-state index contributed by atoms with van der Waals surface area (Å²) in [7, 11) is 0. The van der Waals surface area contributed by atoms with Crippen molar-refractivity contribution in [2.45, 2.75) is 25.0 Å². The van der Waals surface area contributed by atoms with Gasteiger partial charge in [0.15, 0.2) is 0 Å². The summed E-state index contributed by atoms with van der Waals surface area (Å²) in [6.07, 6.45) is 9.24. The zero-order valence-electron chi connectivity index (χ0n) is 14.9. The molecule has 6 heteroatoms. The summed E-state index contributed by atoms with van der Waals surface area (Å²) < 4.78 is 13.6. The van der Waals surface area contributed by atoms with Crippen LogP contribution in [0.15, 0.2) is 67.0 Å². The highest BCUT2D eigenvalue weighted by Crippen LogP contribution is 2.32. The number of aromatic nitrogens is 1. The Bertz CT molecular complexity index is 877. The van der Waals surface area contributed by atoms with Gasteiger partial charge in [0, 0.05) is 18.9 Å². The quantitative estimate of drug-likeness (QED) is 0.575. The lowest BCUT2D eigenvalue weighted by Crippen LogP contribution is -2.32. The highest BCUT2D eigenvalue weighted by molar-refractivity contribution is 5.91. The maximum absolute atomic E-state index is 13.6. The lowest BCUT2D eigenvalue weighted by molar-refractivity contribution is 0.398. The average Bonchev–Trinajstić information content (AvgIpc) is 3.36. The minimum atomic E-state index is -0.228. The van der Waals surface area contributed by atoms with Gasteiger partial charge < -0.3 is 15.5 Å². The Morgan fingerprint density at radius 3 is 3.00 bits per heavy atom. The third-order valence-electron chi connectivity index (χ3n) is 4.90. The fraction of sp³-hybridized carbons (Fsp3) is 0.238. The average molecular weight is 363 g/mol. The first-order valence-electron chi connectivity index (χ1n) is 9.14. The van der Waals surface area contributed by atoms with Gasteiger partial charge in [0.1, 0.15) is 17.8 Å². The molecule has 2 aromatic rings. The molecule has 1 aromatic heterocycles. The van der Waals surface area contributed by atoms with Crippen LogP contribution in [0, 0.1) is 11.2 Å². The van der Waals surface area contributed by atoms with E-state index >= 15 is 0 Å².